The molecule has 132 valence electrons. The largest absolute Gasteiger partial charge is 0.322 e. The number of anilines is 1. The third-order valence-corrected chi connectivity index (χ3v) is 4.50. The Kier molecular flexibility index (Phi) is 4.54. The molecule has 0 radical (unpaired) electrons. The Morgan fingerprint density at radius 3 is 2.19 bits per heavy atom. The number of nitrogens with zero attached hydrogens (tertiary/aromatic N) is 1. The van der Waals surface area contributed by atoms with Crippen LogP contribution in [0.5, 0.6) is 0 Å². The second kappa shape index (κ2) is 7.30. The van der Waals surface area contributed by atoms with Gasteiger partial charge in [-0.05, 0) is 35.9 Å². The number of rotatable bonds is 4. The summed E-state index contributed by atoms with van der Waals surface area (Å²) in [5.74, 6) is -0.105. The van der Waals surface area contributed by atoms with Crippen LogP contribution in [0, 0.1) is 0 Å². The molecule has 0 fully saturated rings. The normalized spacial score (nSPS) is 10.7. The van der Waals surface area contributed by atoms with Crippen molar-refractivity contribution in [3.05, 3.63) is 112 Å². The van der Waals surface area contributed by atoms with Crippen LogP contribution in [-0.2, 0) is 6.54 Å². The molecule has 27 heavy (non-hydrogen) atoms. The number of fused-ring (bicyclic) bond motifs is 1. The van der Waals surface area contributed by atoms with Crippen LogP contribution in [0.25, 0.3) is 10.9 Å². The van der Waals surface area contributed by atoms with E-state index in [1.807, 2.05) is 72.8 Å². The molecule has 0 spiro atoms. The summed E-state index contributed by atoms with van der Waals surface area (Å²) in [6.07, 6.45) is 0. The minimum Gasteiger partial charge on any atom is -0.322 e. The zero-order chi connectivity index (χ0) is 18.6. The van der Waals surface area contributed by atoms with Crippen LogP contribution in [0.3, 0.4) is 0 Å². The van der Waals surface area contributed by atoms with Crippen molar-refractivity contribution < 1.29 is 4.79 Å². The highest BCUT2D eigenvalue weighted by molar-refractivity contribution is 6.06. The Morgan fingerprint density at radius 1 is 0.815 bits per heavy atom. The number of benzene rings is 3. The molecule has 0 aliphatic heterocycles. The van der Waals surface area contributed by atoms with Gasteiger partial charge in [0.25, 0.3) is 5.91 Å². The Bertz CT molecular complexity index is 1140. The summed E-state index contributed by atoms with van der Waals surface area (Å²) in [5.41, 5.74) is 2.79. The van der Waals surface area contributed by atoms with Crippen LogP contribution in [0.15, 0.2) is 95.8 Å². The summed E-state index contributed by atoms with van der Waals surface area (Å²) in [6, 6.07) is 27.9. The number of carbonyl (C=O) groups excluding carboxylic acids is 1. The molecular formula is C23H18N2O2. The van der Waals surface area contributed by atoms with Crippen molar-refractivity contribution >= 4 is 22.5 Å². The highest BCUT2D eigenvalue weighted by Gasteiger charge is 2.19. The van der Waals surface area contributed by atoms with E-state index in [4.69, 9.17) is 0 Å². The zero-order valence-corrected chi connectivity index (χ0v) is 14.6. The summed E-state index contributed by atoms with van der Waals surface area (Å²) in [5, 5.41) is 0.930. The molecule has 0 saturated heterocycles. The Labute approximate surface area is 156 Å². The average molecular weight is 354 g/mol. The van der Waals surface area contributed by atoms with Gasteiger partial charge in [-0.3, -0.25) is 9.59 Å². The first kappa shape index (κ1) is 16.8. The van der Waals surface area contributed by atoms with Crippen LogP contribution in [-0.4, -0.2) is 10.9 Å². The van der Waals surface area contributed by atoms with E-state index in [0.29, 0.717) is 12.1 Å². The lowest BCUT2D eigenvalue weighted by atomic mass is 10.1. The Hall–Kier alpha value is -3.66. The van der Waals surface area contributed by atoms with Crippen molar-refractivity contribution in [2.75, 3.05) is 4.90 Å². The van der Waals surface area contributed by atoms with Crippen LogP contribution in [0.4, 0.5) is 5.69 Å². The monoisotopic (exact) mass is 354 g/mol. The predicted octanol–water partition coefficient (Wildman–Crippen LogP) is 4.38. The number of carbonyl (C=O) groups is 1. The fourth-order valence-corrected chi connectivity index (χ4v) is 3.20. The standard InChI is InChI=1S/C23H18N2O2/c26-22-15-18(20-13-7-8-14-21(20)24-22)16-25(19-11-5-2-6-12-19)23(27)17-9-3-1-4-10-17/h1-15H,16H2,(H,24,26). The molecule has 0 bridgehead atoms. The smallest absolute Gasteiger partial charge is 0.258 e. The van der Waals surface area contributed by atoms with Crippen LogP contribution in [0.2, 0.25) is 0 Å². The van der Waals surface area contributed by atoms with Crippen LogP contribution < -0.4 is 10.5 Å². The number of pyridine rings is 1. The van der Waals surface area contributed by atoms with Gasteiger partial charge in [-0.25, -0.2) is 0 Å². The van der Waals surface area contributed by atoms with Crippen molar-refractivity contribution in [1.82, 2.24) is 4.98 Å². The van der Waals surface area contributed by atoms with Crippen molar-refractivity contribution in [3.63, 3.8) is 0 Å². The van der Waals surface area contributed by atoms with E-state index in [1.165, 1.54) is 0 Å². The average Bonchev–Trinajstić information content (AvgIpc) is 2.72. The topological polar surface area (TPSA) is 53.2 Å². The van der Waals surface area contributed by atoms with Gasteiger partial charge in [0.15, 0.2) is 0 Å². The van der Waals surface area contributed by atoms with Gasteiger partial charge in [0.2, 0.25) is 5.56 Å². The number of H-pyrrole nitrogens is 1. The summed E-state index contributed by atoms with van der Waals surface area (Å²) >= 11 is 0. The zero-order valence-electron chi connectivity index (χ0n) is 14.6. The second-order valence-corrected chi connectivity index (χ2v) is 6.30. The molecule has 4 heteroatoms. The Balaban J connectivity index is 1.81. The van der Waals surface area contributed by atoms with Gasteiger partial charge >= 0.3 is 0 Å². The fraction of sp³-hybridized carbons (Fsp3) is 0.0435. The number of nitrogens with one attached hydrogen (secondary N) is 1. The molecule has 3 aromatic carbocycles. The maximum Gasteiger partial charge on any atom is 0.258 e. The fourth-order valence-electron chi connectivity index (χ4n) is 3.20. The lowest BCUT2D eigenvalue weighted by Gasteiger charge is -2.24. The van der Waals surface area contributed by atoms with Gasteiger partial charge in [-0.15, -0.1) is 0 Å². The predicted molar refractivity (Wildman–Crippen MR) is 108 cm³/mol. The quantitative estimate of drug-likeness (QED) is 0.591. The minimum absolute atomic E-state index is 0.105. The number of hydrogen-bond acceptors (Lipinski definition) is 2. The van der Waals surface area contributed by atoms with Gasteiger partial charge < -0.3 is 9.88 Å². The first-order chi connectivity index (χ1) is 13.2. The van der Waals surface area contributed by atoms with Gasteiger partial charge in [0.1, 0.15) is 0 Å². The maximum absolute atomic E-state index is 13.2. The molecule has 1 heterocycles. The van der Waals surface area contributed by atoms with E-state index in [9.17, 15) is 9.59 Å². The highest BCUT2D eigenvalue weighted by Crippen LogP contribution is 2.23. The van der Waals surface area contributed by atoms with Crippen molar-refractivity contribution in [2.45, 2.75) is 6.54 Å². The molecule has 4 rings (SSSR count). The summed E-state index contributed by atoms with van der Waals surface area (Å²) in [6.45, 7) is 0.308. The summed E-state index contributed by atoms with van der Waals surface area (Å²) in [7, 11) is 0. The lowest BCUT2D eigenvalue weighted by Crippen LogP contribution is -2.31. The molecule has 0 atom stereocenters. The first-order valence-electron chi connectivity index (χ1n) is 8.75. The number of aromatic amines is 1. The molecule has 1 amide bonds. The van der Waals surface area contributed by atoms with E-state index < -0.39 is 0 Å². The molecule has 4 aromatic rings. The van der Waals surface area contributed by atoms with Crippen molar-refractivity contribution in [2.24, 2.45) is 0 Å². The molecule has 0 aliphatic carbocycles. The van der Waals surface area contributed by atoms with E-state index >= 15 is 0 Å². The van der Waals surface area contributed by atoms with Crippen molar-refractivity contribution in [3.8, 4) is 0 Å². The number of amides is 1. The lowest BCUT2D eigenvalue weighted by molar-refractivity contribution is 0.0985. The van der Waals surface area contributed by atoms with E-state index in [-0.39, 0.29) is 11.5 Å². The summed E-state index contributed by atoms with van der Waals surface area (Å²) < 4.78 is 0. The van der Waals surface area contributed by atoms with E-state index in [0.717, 1.165) is 22.2 Å². The molecular weight excluding hydrogens is 336 g/mol. The van der Waals surface area contributed by atoms with Gasteiger partial charge in [0.05, 0.1) is 6.54 Å². The van der Waals surface area contributed by atoms with Gasteiger partial charge in [-0.2, -0.15) is 0 Å². The molecule has 0 aliphatic rings. The van der Waals surface area contributed by atoms with E-state index in [2.05, 4.69) is 4.98 Å². The van der Waals surface area contributed by atoms with Gasteiger partial charge in [-0.1, -0.05) is 54.6 Å². The van der Waals surface area contributed by atoms with Crippen LogP contribution >= 0.6 is 0 Å². The molecule has 1 aromatic heterocycles. The molecule has 1 N–H and O–H groups in total. The SMILES string of the molecule is O=C(c1ccccc1)N(Cc1cc(=O)[nH]c2ccccc12)c1ccccc1. The third kappa shape index (κ3) is 3.51. The molecule has 0 saturated carbocycles. The van der Waals surface area contributed by atoms with Crippen LogP contribution in [0.1, 0.15) is 15.9 Å². The molecule has 4 nitrogen and oxygen atoms in total. The van der Waals surface area contributed by atoms with Crippen molar-refractivity contribution in [1.29, 1.82) is 0 Å². The number of para-hydroxylation sites is 2. The second-order valence-electron chi connectivity index (χ2n) is 6.30. The first-order valence-corrected chi connectivity index (χ1v) is 8.75. The summed E-state index contributed by atoms with van der Waals surface area (Å²) in [4.78, 5) is 29.9. The minimum atomic E-state index is -0.177. The maximum atomic E-state index is 13.2. The Morgan fingerprint density at radius 2 is 1.44 bits per heavy atom. The number of aromatic nitrogens is 1. The third-order valence-electron chi connectivity index (χ3n) is 4.50. The number of hydrogen-bond donors (Lipinski definition) is 1. The highest BCUT2D eigenvalue weighted by atomic mass is 16.2. The van der Waals surface area contributed by atoms with Gasteiger partial charge in [0, 0.05) is 28.2 Å². The van der Waals surface area contributed by atoms with E-state index in [1.54, 1.807) is 23.1 Å². The molecule has 0 unspecified atom stereocenters.